The minimum atomic E-state index is -1.30. The van der Waals surface area contributed by atoms with E-state index in [1.807, 2.05) is 0 Å². The molecule has 3 saturated carbocycles. The van der Waals surface area contributed by atoms with Gasteiger partial charge in [-0.05, 0) is 43.8 Å². The minimum absolute atomic E-state index is 0.112. The Kier molecular flexibility index (Phi) is 2.60. The fraction of sp³-hybridized carbons (Fsp3) is 0.684. The molecule has 5 aliphatic rings. The molecule has 1 aliphatic heterocycles. The van der Waals surface area contributed by atoms with E-state index >= 15 is 0 Å². The van der Waals surface area contributed by atoms with Crippen molar-refractivity contribution >= 4 is 11.9 Å². The van der Waals surface area contributed by atoms with E-state index in [1.54, 1.807) is 19.1 Å². The first-order valence-electron chi connectivity index (χ1n) is 8.91. The number of hydrogen-bond acceptors (Lipinski definition) is 5. The first-order valence-corrected chi connectivity index (χ1v) is 8.91. The number of rotatable bonds is 1. The molecule has 6 nitrogen and oxygen atoms in total. The van der Waals surface area contributed by atoms with Crippen LogP contribution in [0.5, 0.6) is 0 Å². The van der Waals surface area contributed by atoms with Gasteiger partial charge < -0.3 is 20.1 Å². The van der Waals surface area contributed by atoms with Crippen molar-refractivity contribution in [3.05, 3.63) is 24.3 Å². The molecule has 134 valence electrons. The van der Waals surface area contributed by atoms with Crippen molar-refractivity contribution in [1.29, 1.82) is 0 Å². The Bertz CT molecular complexity index is 757. The predicted molar refractivity (Wildman–Crippen MR) is 85.1 cm³/mol. The van der Waals surface area contributed by atoms with Crippen LogP contribution in [0.15, 0.2) is 24.3 Å². The van der Waals surface area contributed by atoms with Gasteiger partial charge in [0.05, 0.1) is 18.1 Å². The fourth-order valence-electron chi connectivity index (χ4n) is 7.16. The van der Waals surface area contributed by atoms with E-state index in [2.05, 4.69) is 6.58 Å². The number of aliphatic carboxylic acids is 1. The van der Waals surface area contributed by atoms with Crippen LogP contribution in [0.1, 0.15) is 26.2 Å². The van der Waals surface area contributed by atoms with Gasteiger partial charge in [0.1, 0.15) is 11.0 Å². The van der Waals surface area contributed by atoms with Gasteiger partial charge in [0.2, 0.25) is 0 Å². The van der Waals surface area contributed by atoms with Gasteiger partial charge in [0.25, 0.3) is 0 Å². The zero-order chi connectivity index (χ0) is 17.9. The van der Waals surface area contributed by atoms with Crippen LogP contribution in [0.3, 0.4) is 0 Å². The lowest BCUT2D eigenvalue weighted by molar-refractivity contribution is -0.165. The molecule has 1 saturated heterocycles. The van der Waals surface area contributed by atoms with Crippen LogP contribution in [0, 0.1) is 34.5 Å². The average Bonchev–Trinajstić information content (AvgIpc) is 3.00. The number of aliphatic hydroxyl groups excluding tert-OH is 2. The Morgan fingerprint density at radius 3 is 2.76 bits per heavy atom. The van der Waals surface area contributed by atoms with E-state index in [1.165, 1.54) is 0 Å². The summed E-state index contributed by atoms with van der Waals surface area (Å²) in [4.78, 5) is 25.1. The summed E-state index contributed by atoms with van der Waals surface area (Å²) in [6.45, 7) is 5.64. The number of hydrogen-bond donors (Lipinski definition) is 3. The Hall–Kier alpha value is -1.66. The Morgan fingerprint density at radius 2 is 2.08 bits per heavy atom. The Labute approximate surface area is 145 Å². The van der Waals surface area contributed by atoms with Gasteiger partial charge in [-0.15, -0.1) is 0 Å². The molecule has 4 fully saturated rings. The Morgan fingerprint density at radius 1 is 1.36 bits per heavy atom. The number of esters is 1. The molecule has 4 bridgehead atoms. The maximum Gasteiger partial charge on any atom is 0.316 e. The zero-order valence-electron chi connectivity index (χ0n) is 14.0. The molecule has 0 amide bonds. The minimum Gasteiger partial charge on any atom is -0.481 e. The van der Waals surface area contributed by atoms with E-state index in [-0.39, 0.29) is 11.8 Å². The van der Waals surface area contributed by atoms with Crippen LogP contribution < -0.4 is 0 Å². The maximum absolute atomic E-state index is 12.7. The lowest BCUT2D eigenvalue weighted by atomic mass is 9.60. The number of ether oxygens (including phenoxy) is 1. The first kappa shape index (κ1) is 15.6. The third-order valence-corrected chi connectivity index (χ3v) is 8.16. The SMILES string of the molecule is C=C1[C@@H]2CC[C@H]3[C@@]45C=C[C@H](O)[C@@](C)(C(=O)O4)[C@H]5[C@H](C(=O)O)[C@]3(C2)[C@@H]1O. The fourth-order valence-corrected chi connectivity index (χ4v) is 7.16. The number of aliphatic hydroxyl groups is 2. The van der Waals surface area contributed by atoms with Gasteiger partial charge in [-0.1, -0.05) is 12.7 Å². The summed E-state index contributed by atoms with van der Waals surface area (Å²) in [5, 5.41) is 31.7. The predicted octanol–water partition coefficient (Wildman–Crippen LogP) is 0.883. The summed E-state index contributed by atoms with van der Waals surface area (Å²) >= 11 is 0. The second kappa shape index (κ2) is 4.18. The quantitative estimate of drug-likeness (QED) is 0.481. The van der Waals surface area contributed by atoms with E-state index < -0.39 is 52.4 Å². The molecule has 3 N–H and O–H groups in total. The third kappa shape index (κ3) is 1.33. The van der Waals surface area contributed by atoms with Gasteiger partial charge >= 0.3 is 11.9 Å². The van der Waals surface area contributed by atoms with Gasteiger partial charge in [-0.3, -0.25) is 9.59 Å². The number of carboxylic acids is 1. The lowest BCUT2D eigenvalue weighted by Crippen LogP contribution is -2.51. The molecule has 5 rings (SSSR count). The van der Waals surface area contributed by atoms with Crippen molar-refractivity contribution < 1.29 is 29.6 Å². The van der Waals surface area contributed by atoms with Gasteiger partial charge in [0, 0.05) is 17.3 Å². The van der Waals surface area contributed by atoms with Gasteiger partial charge in [-0.2, -0.15) is 0 Å². The van der Waals surface area contributed by atoms with Crippen molar-refractivity contribution in [3.63, 3.8) is 0 Å². The largest absolute Gasteiger partial charge is 0.481 e. The zero-order valence-corrected chi connectivity index (χ0v) is 14.0. The lowest BCUT2D eigenvalue weighted by Gasteiger charge is -2.43. The highest BCUT2D eigenvalue weighted by Gasteiger charge is 2.84. The molecule has 4 aliphatic carbocycles. The van der Waals surface area contributed by atoms with Crippen molar-refractivity contribution in [1.82, 2.24) is 0 Å². The van der Waals surface area contributed by atoms with Crippen molar-refractivity contribution in [2.45, 2.75) is 44.0 Å². The number of fused-ring (bicyclic) bond motifs is 1. The normalized spacial score (nSPS) is 58.0. The highest BCUT2D eigenvalue weighted by Crippen LogP contribution is 2.76. The topological polar surface area (TPSA) is 104 Å². The number of carbonyl (C=O) groups is 2. The van der Waals surface area contributed by atoms with Crippen molar-refractivity contribution in [2.75, 3.05) is 0 Å². The summed E-state index contributed by atoms with van der Waals surface area (Å²) in [7, 11) is 0. The Balaban J connectivity index is 1.81. The van der Waals surface area contributed by atoms with Crippen LogP contribution >= 0.6 is 0 Å². The molecule has 0 aromatic rings. The van der Waals surface area contributed by atoms with Crippen molar-refractivity contribution in [2.24, 2.45) is 34.5 Å². The molecule has 1 heterocycles. The van der Waals surface area contributed by atoms with Crippen LogP contribution in [-0.4, -0.2) is 45.1 Å². The number of carboxylic acid groups (broad SMARTS) is 1. The van der Waals surface area contributed by atoms with E-state index in [0.717, 1.165) is 6.42 Å². The van der Waals surface area contributed by atoms with Gasteiger partial charge in [0.15, 0.2) is 0 Å². The van der Waals surface area contributed by atoms with Crippen LogP contribution in [0.4, 0.5) is 0 Å². The van der Waals surface area contributed by atoms with E-state index in [0.29, 0.717) is 18.4 Å². The highest BCUT2D eigenvalue weighted by atomic mass is 16.6. The molecular formula is C19H22O6. The third-order valence-electron chi connectivity index (χ3n) is 8.16. The molecule has 1 spiro atoms. The van der Waals surface area contributed by atoms with E-state index in [9.17, 15) is 24.9 Å². The second-order valence-corrected chi connectivity index (χ2v) is 8.74. The van der Waals surface area contributed by atoms with E-state index in [4.69, 9.17) is 4.74 Å². The highest BCUT2D eigenvalue weighted by molar-refractivity contribution is 5.86. The van der Waals surface area contributed by atoms with Gasteiger partial charge in [-0.25, -0.2) is 0 Å². The average molecular weight is 346 g/mol. The molecule has 0 aromatic heterocycles. The molecular weight excluding hydrogens is 324 g/mol. The summed E-state index contributed by atoms with van der Waals surface area (Å²) in [5.74, 6) is -3.37. The maximum atomic E-state index is 12.7. The first-order chi connectivity index (χ1) is 11.7. The smallest absolute Gasteiger partial charge is 0.316 e. The summed E-state index contributed by atoms with van der Waals surface area (Å²) in [5.41, 5.74) is -2.53. The second-order valence-electron chi connectivity index (χ2n) is 8.74. The summed E-state index contributed by atoms with van der Waals surface area (Å²) < 4.78 is 5.86. The summed E-state index contributed by atoms with van der Waals surface area (Å²) in [6, 6.07) is 0. The molecule has 0 aromatic carbocycles. The monoisotopic (exact) mass is 346 g/mol. The molecule has 25 heavy (non-hydrogen) atoms. The molecule has 9 atom stereocenters. The van der Waals surface area contributed by atoms with Crippen LogP contribution in [0.25, 0.3) is 0 Å². The molecule has 0 radical (unpaired) electrons. The van der Waals surface area contributed by atoms with Crippen molar-refractivity contribution in [3.8, 4) is 0 Å². The standard InChI is InChI=1S/C19H22O6/c1-8-9-3-4-10-18(7-9,14(8)21)12(15(22)23)13-17(2)11(20)5-6-19(10,13)25-16(17)24/h5-6,9-14,20-21H,1,3-4,7H2,2H3,(H,22,23)/t9-,10-,11+,12-,13-,14-,17-,18-,19-/m1/s1. The van der Waals surface area contributed by atoms with Crippen LogP contribution in [-0.2, 0) is 14.3 Å². The summed E-state index contributed by atoms with van der Waals surface area (Å²) in [6.07, 6.45) is 3.33. The molecule has 6 heteroatoms. The number of carbonyl (C=O) groups excluding carboxylic acids is 1. The molecule has 0 unspecified atom stereocenters. The van der Waals surface area contributed by atoms with Crippen LogP contribution in [0.2, 0.25) is 0 Å².